The van der Waals surface area contributed by atoms with Crippen LogP contribution in [0.25, 0.3) is 89.7 Å². The number of rotatable bonds is 0. The monoisotopic (exact) mass is 675 g/mol. The number of hydrogen-bond donors (Lipinski definition) is 2. The van der Waals surface area contributed by atoms with Crippen LogP contribution in [0.4, 0.5) is 0 Å². The molecule has 2 aliphatic heterocycles. The summed E-state index contributed by atoms with van der Waals surface area (Å²) in [6.45, 7) is 0. The van der Waals surface area contributed by atoms with E-state index in [-0.39, 0.29) is 54.3 Å². The molecule has 0 spiro atoms. The van der Waals surface area contributed by atoms with Gasteiger partial charge in [-0.05, 0) is 0 Å². The van der Waals surface area contributed by atoms with Crippen LogP contribution >= 0.6 is 0 Å². The van der Waals surface area contributed by atoms with Crippen LogP contribution < -0.4 is 37.2 Å². The van der Waals surface area contributed by atoms with Gasteiger partial charge in [0.1, 0.15) is 22.6 Å². The third kappa shape index (κ3) is 4.70. The van der Waals surface area contributed by atoms with Gasteiger partial charge in [0.25, 0.3) is 0 Å². The van der Waals surface area contributed by atoms with Crippen LogP contribution in [0.1, 0.15) is 0 Å². The first-order chi connectivity index (χ1) is 19.8. The van der Waals surface area contributed by atoms with E-state index in [4.69, 9.17) is 29.9 Å². The molecule has 0 unspecified atom stereocenters. The molecule has 44 heavy (non-hydrogen) atoms. The zero-order valence-electron chi connectivity index (χ0n) is 22.4. The van der Waals surface area contributed by atoms with E-state index < -0.39 is 0 Å². The Balaban J connectivity index is 0.000000960. The Morgan fingerprint density at radius 1 is 0.318 bits per heavy atom. The third-order valence-electron chi connectivity index (χ3n) is 7.46. The minimum atomic E-state index is 0. The largest absolute Gasteiger partial charge is 3.00 e. The fourth-order valence-corrected chi connectivity index (χ4v) is 5.59. The SMILES string of the molecule is [Cl-].[Cl-].[Cl-].[Fe+3].c1ccc2c(c1)-c1nc-2nc2[nH]c(nc3nc(nc4[nH]c(n1)c1ccccc41)-c1ccccc1-3)c1ccccc21. The Labute approximate surface area is 279 Å². The Morgan fingerprint density at radius 2 is 0.545 bits per heavy atom. The summed E-state index contributed by atoms with van der Waals surface area (Å²) in [5, 5.41) is 3.82. The summed E-state index contributed by atoms with van der Waals surface area (Å²) in [6, 6.07) is 32.2. The van der Waals surface area contributed by atoms with Crippen LogP contribution in [0.3, 0.4) is 0 Å². The van der Waals surface area contributed by atoms with Crippen molar-refractivity contribution in [2.75, 3.05) is 0 Å². The van der Waals surface area contributed by atoms with E-state index >= 15 is 0 Å². The molecule has 0 amide bonds. The van der Waals surface area contributed by atoms with Crippen LogP contribution in [-0.2, 0) is 17.1 Å². The van der Waals surface area contributed by atoms with E-state index in [2.05, 4.69) is 9.97 Å². The normalized spacial score (nSPS) is 10.9. The molecule has 9 rings (SSSR count). The molecular weight excluding hydrogens is 659 g/mol. The summed E-state index contributed by atoms with van der Waals surface area (Å²) >= 11 is 0. The van der Waals surface area contributed by atoms with Gasteiger partial charge in [-0.1, -0.05) is 97.1 Å². The molecule has 7 aromatic rings. The number of H-pyrrole nitrogens is 2. The average Bonchev–Trinajstić information content (AvgIpc) is 3.73. The molecule has 1 radical (unpaired) electrons. The number of aromatic amines is 2. The zero-order valence-corrected chi connectivity index (χ0v) is 25.8. The summed E-state index contributed by atoms with van der Waals surface area (Å²) in [6.07, 6.45) is 0. The first-order valence-corrected chi connectivity index (χ1v) is 13.0. The second-order valence-corrected chi connectivity index (χ2v) is 9.79. The van der Waals surface area contributed by atoms with Crippen molar-refractivity contribution >= 4 is 44.1 Å². The number of aromatic nitrogens is 8. The van der Waals surface area contributed by atoms with Crippen LogP contribution in [0.15, 0.2) is 97.1 Å². The molecule has 0 atom stereocenters. The molecular formula is C32H18Cl3FeN8. The van der Waals surface area contributed by atoms with Gasteiger partial charge in [0.2, 0.25) is 0 Å². The van der Waals surface area contributed by atoms with E-state index in [1.54, 1.807) is 0 Å². The maximum Gasteiger partial charge on any atom is 3.00 e. The molecule has 2 aliphatic rings. The summed E-state index contributed by atoms with van der Waals surface area (Å²) in [5.74, 6) is 2.39. The minimum absolute atomic E-state index is 0. The summed E-state index contributed by atoms with van der Waals surface area (Å²) in [5.41, 5.74) is 6.45. The molecule has 5 heterocycles. The molecule has 8 nitrogen and oxygen atoms in total. The van der Waals surface area contributed by atoms with Gasteiger partial charge in [0, 0.05) is 43.8 Å². The molecule has 0 aliphatic carbocycles. The topological polar surface area (TPSA) is 109 Å². The van der Waals surface area contributed by atoms with E-state index in [0.717, 1.165) is 43.8 Å². The van der Waals surface area contributed by atoms with Crippen molar-refractivity contribution in [2.45, 2.75) is 0 Å². The quantitative estimate of drug-likeness (QED) is 0.178. The third-order valence-corrected chi connectivity index (χ3v) is 7.46. The fourth-order valence-electron chi connectivity index (χ4n) is 5.59. The Bertz CT molecular complexity index is 2050. The van der Waals surface area contributed by atoms with Crippen molar-refractivity contribution in [3.05, 3.63) is 97.1 Å². The van der Waals surface area contributed by atoms with Crippen molar-refractivity contribution < 1.29 is 54.3 Å². The predicted octanol–water partition coefficient (Wildman–Crippen LogP) is -2.12. The van der Waals surface area contributed by atoms with E-state index in [0.29, 0.717) is 45.9 Å². The molecule has 12 heteroatoms. The number of nitrogens with one attached hydrogen (secondary N) is 2. The second-order valence-electron chi connectivity index (χ2n) is 9.79. The van der Waals surface area contributed by atoms with Crippen LogP contribution in [-0.4, -0.2) is 39.9 Å². The summed E-state index contributed by atoms with van der Waals surface area (Å²) in [4.78, 5) is 36.8. The predicted molar refractivity (Wildman–Crippen MR) is 156 cm³/mol. The van der Waals surface area contributed by atoms with Gasteiger partial charge in [-0.2, -0.15) is 0 Å². The second kappa shape index (κ2) is 12.0. The van der Waals surface area contributed by atoms with Gasteiger partial charge in [-0.15, -0.1) is 0 Å². The first-order valence-electron chi connectivity index (χ1n) is 13.0. The van der Waals surface area contributed by atoms with Gasteiger partial charge >= 0.3 is 17.1 Å². The molecule has 2 N–H and O–H groups in total. The van der Waals surface area contributed by atoms with Crippen molar-refractivity contribution in [3.63, 3.8) is 0 Å². The standard InChI is InChI=1S/C32H18N8.3ClH.Fe/c1-2-10-18-17(9-1)25-33-26(18)38-28-21-13-5-6-14-22(21)30(35-28)40-32-24-16-8-7-15-23(24)31(36-32)39-29-20-12-4-3-11-19(20)27(34-29)37-25;;;;/h1-16H,(H2,33,34,35,36,37,38,39,40);3*1H;/q;;;;+3/p-3. The van der Waals surface area contributed by atoms with Crippen LogP contribution in [0.2, 0.25) is 0 Å². The van der Waals surface area contributed by atoms with Crippen molar-refractivity contribution in [1.82, 2.24) is 39.9 Å². The number of nitrogens with zero attached hydrogens (tertiary/aromatic N) is 6. The number of fused-ring (bicyclic) bond motifs is 20. The van der Waals surface area contributed by atoms with Gasteiger partial charge in [-0.3, -0.25) is 0 Å². The van der Waals surface area contributed by atoms with Crippen LogP contribution in [0, 0.1) is 0 Å². The van der Waals surface area contributed by atoms with E-state index in [1.165, 1.54) is 0 Å². The van der Waals surface area contributed by atoms with Gasteiger partial charge < -0.3 is 47.2 Å². The molecule has 4 aromatic carbocycles. The van der Waals surface area contributed by atoms with Crippen molar-refractivity contribution in [2.24, 2.45) is 0 Å². The fraction of sp³-hybridized carbons (Fsp3) is 0. The Morgan fingerprint density at radius 3 is 0.795 bits per heavy atom. The smallest absolute Gasteiger partial charge is 1.00 e. The molecule has 0 saturated heterocycles. The summed E-state index contributed by atoms with van der Waals surface area (Å²) in [7, 11) is 0. The maximum atomic E-state index is 5.02. The summed E-state index contributed by atoms with van der Waals surface area (Å²) < 4.78 is 0. The maximum absolute atomic E-state index is 5.02. The van der Waals surface area contributed by atoms with Crippen LogP contribution in [0.5, 0.6) is 0 Å². The molecule has 215 valence electrons. The molecule has 8 bridgehead atoms. The van der Waals surface area contributed by atoms with E-state index in [9.17, 15) is 0 Å². The Kier molecular flexibility index (Phi) is 8.44. The number of hydrogen-bond acceptors (Lipinski definition) is 6. The average molecular weight is 677 g/mol. The first kappa shape index (κ1) is 31.1. The van der Waals surface area contributed by atoms with Crippen molar-refractivity contribution in [3.8, 4) is 45.6 Å². The Hall–Kier alpha value is -4.37. The number of benzene rings is 4. The molecule has 3 aromatic heterocycles. The molecule has 0 saturated carbocycles. The van der Waals surface area contributed by atoms with Crippen molar-refractivity contribution in [1.29, 1.82) is 0 Å². The van der Waals surface area contributed by atoms with Gasteiger partial charge in [0.05, 0.1) is 0 Å². The van der Waals surface area contributed by atoms with Gasteiger partial charge in [-0.25, -0.2) is 29.9 Å². The molecule has 0 fully saturated rings. The van der Waals surface area contributed by atoms with Gasteiger partial charge in [0.15, 0.2) is 23.3 Å². The number of halogens is 3. The zero-order chi connectivity index (χ0) is 26.2. The van der Waals surface area contributed by atoms with E-state index in [1.807, 2.05) is 97.1 Å². The minimum Gasteiger partial charge on any atom is -1.00 e.